The topological polar surface area (TPSA) is 20.3 Å². The van der Waals surface area contributed by atoms with E-state index in [2.05, 4.69) is 62.3 Å². The van der Waals surface area contributed by atoms with Crippen LogP contribution in [0, 0.1) is 11.8 Å². The molecule has 34 heavy (non-hydrogen) atoms. The van der Waals surface area contributed by atoms with Crippen LogP contribution in [-0.4, -0.2) is 31.3 Å². The lowest BCUT2D eigenvalue weighted by Crippen LogP contribution is -2.24. The van der Waals surface area contributed by atoms with Crippen LogP contribution in [0.25, 0.3) is 11.1 Å². The monoisotopic (exact) mass is 465 g/mol. The quantitative estimate of drug-likeness (QED) is 0.326. The molecule has 0 aromatic heterocycles. The van der Waals surface area contributed by atoms with Gasteiger partial charge in [-0.25, -0.2) is 0 Å². The first-order chi connectivity index (χ1) is 16.5. The lowest BCUT2D eigenvalue weighted by Gasteiger charge is -2.25. The molecule has 1 aliphatic rings. The Morgan fingerprint density at radius 3 is 2.15 bits per heavy atom. The summed E-state index contributed by atoms with van der Waals surface area (Å²) >= 11 is 0. The molecule has 190 valence electrons. The Bertz CT molecular complexity index is 804. The molecular weight excluding hydrogens is 414 g/mol. The van der Waals surface area contributed by atoms with Crippen molar-refractivity contribution in [3.05, 3.63) is 59.7 Å². The maximum atomic E-state index is 13.2. The van der Waals surface area contributed by atoms with Gasteiger partial charge in [-0.1, -0.05) is 116 Å². The number of ketones is 1. The highest BCUT2D eigenvalue weighted by Crippen LogP contribution is 2.30. The summed E-state index contributed by atoms with van der Waals surface area (Å²) in [6, 6.07) is 16.9. The maximum Gasteiger partial charge on any atom is 0.163 e. The summed E-state index contributed by atoms with van der Waals surface area (Å²) < 4.78 is 0. The van der Waals surface area contributed by atoms with Gasteiger partial charge >= 0.3 is 0 Å². The number of rotatable bonds is 10. The Hall–Kier alpha value is -1.93. The van der Waals surface area contributed by atoms with Crippen molar-refractivity contribution in [2.75, 3.05) is 20.6 Å². The van der Waals surface area contributed by atoms with Crippen LogP contribution in [0.15, 0.2) is 48.5 Å². The molecule has 1 unspecified atom stereocenters. The van der Waals surface area contributed by atoms with Crippen LogP contribution in [0.4, 0.5) is 0 Å². The molecule has 1 fully saturated rings. The number of hydrogen-bond donors (Lipinski definition) is 0. The second kappa shape index (κ2) is 17.5. The van der Waals surface area contributed by atoms with Crippen molar-refractivity contribution in [2.45, 2.75) is 92.4 Å². The van der Waals surface area contributed by atoms with Crippen LogP contribution < -0.4 is 0 Å². The van der Waals surface area contributed by atoms with E-state index in [1.54, 1.807) is 0 Å². The molecule has 0 aliphatic heterocycles. The summed E-state index contributed by atoms with van der Waals surface area (Å²) in [4.78, 5) is 15.4. The van der Waals surface area contributed by atoms with E-state index in [0.29, 0.717) is 18.1 Å². The van der Waals surface area contributed by atoms with Crippen molar-refractivity contribution >= 4 is 5.78 Å². The molecule has 2 heteroatoms. The number of Topliss-reactive ketones (excluding diaryl/α,β-unsaturated/α-hetero) is 1. The van der Waals surface area contributed by atoms with Gasteiger partial charge in [0.2, 0.25) is 0 Å². The number of hydrogen-bond acceptors (Lipinski definition) is 2. The lowest BCUT2D eigenvalue weighted by molar-refractivity contribution is 0.0947. The molecule has 0 bridgehead atoms. The zero-order valence-electron chi connectivity index (χ0n) is 23.2. The van der Waals surface area contributed by atoms with E-state index in [9.17, 15) is 4.79 Å². The van der Waals surface area contributed by atoms with Crippen molar-refractivity contribution in [3.8, 4) is 11.1 Å². The van der Waals surface area contributed by atoms with Gasteiger partial charge in [0.15, 0.2) is 5.78 Å². The van der Waals surface area contributed by atoms with E-state index in [1.165, 1.54) is 56.1 Å². The molecule has 0 radical (unpaired) electrons. The number of nitrogens with zero attached hydrogens (tertiary/aromatic N) is 1. The zero-order chi connectivity index (χ0) is 25.3. The van der Waals surface area contributed by atoms with Gasteiger partial charge in [0.1, 0.15) is 0 Å². The summed E-state index contributed by atoms with van der Waals surface area (Å²) in [5, 5.41) is 0. The van der Waals surface area contributed by atoms with Crippen LogP contribution in [0.5, 0.6) is 0 Å². The van der Waals surface area contributed by atoms with Crippen molar-refractivity contribution in [3.63, 3.8) is 0 Å². The molecule has 1 aliphatic carbocycles. The van der Waals surface area contributed by atoms with Crippen LogP contribution in [0.3, 0.4) is 0 Å². The molecule has 1 saturated carbocycles. The lowest BCUT2D eigenvalue weighted by atomic mass is 9.83. The molecule has 0 N–H and O–H groups in total. The second-order valence-electron chi connectivity index (χ2n) is 9.47. The number of aryl methyl sites for hydroxylation is 1. The molecular formula is C32H51NO. The van der Waals surface area contributed by atoms with Crippen molar-refractivity contribution < 1.29 is 4.79 Å². The van der Waals surface area contributed by atoms with Crippen molar-refractivity contribution in [1.29, 1.82) is 0 Å². The second-order valence-corrected chi connectivity index (χ2v) is 9.47. The van der Waals surface area contributed by atoms with Gasteiger partial charge in [-0.2, -0.15) is 0 Å². The minimum absolute atomic E-state index is 0.291. The molecule has 0 amide bonds. The molecule has 2 nitrogen and oxygen atoms in total. The number of carbonyl (C=O) groups excluding carboxylic acids is 1. The van der Waals surface area contributed by atoms with Gasteiger partial charge < -0.3 is 4.90 Å². The Morgan fingerprint density at radius 1 is 0.912 bits per heavy atom. The molecule has 2 aromatic rings. The Kier molecular flexibility index (Phi) is 15.5. The van der Waals surface area contributed by atoms with E-state index >= 15 is 0 Å². The third-order valence-corrected chi connectivity index (χ3v) is 6.66. The summed E-state index contributed by atoms with van der Waals surface area (Å²) in [5.41, 5.74) is 4.53. The largest absolute Gasteiger partial charge is 0.309 e. The first-order valence-corrected chi connectivity index (χ1v) is 13.9. The zero-order valence-corrected chi connectivity index (χ0v) is 23.2. The molecule has 0 saturated heterocycles. The normalized spacial score (nSPS) is 14.5. The summed E-state index contributed by atoms with van der Waals surface area (Å²) in [6.07, 6.45) is 11.1. The van der Waals surface area contributed by atoms with E-state index in [0.717, 1.165) is 30.0 Å². The van der Waals surface area contributed by atoms with Gasteiger partial charge in [0.25, 0.3) is 0 Å². The molecule has 0 heterocycles. The fraction of sp³-hybridized carbons (Fsp3) is 0.594. The molecule has 0 spiro atoms. The van der Waals surface area contributed by atoms with Crippen LogP contribution >= 0.6 is 0 Å². The van der Waals surface area contributed by atoms with Crippen LogP contribution in [0.1, 0.15) is 102 Å². The van der Waals surface area contributed by atoms with Gasteiger partial charge in [-0.05, 0) is 61.5 Å². The predicted octanol–water partition coefficient (Wildman–Crippen LogP) is 9.08. The van der Waals surface area contributed by atoms with E-state index in [1.807, 2.05) is 39.8 Å². The average molecular weight is 466 g/mol. The SMILES string of the molecule is CC.CC.CCc1cccc(-c2cccc(C(=O)CC(CCC3CCCCC3)CN(C)C)c2)c1. The minimum Gasteiger partial charge on any atom is -0.309 e. The predicted molar refractivity (Wildman–Crippen MR) is 151 cm³/mol. The summed E-state index contributed by atoms with van der Waals surface area (Å²) in [6.45, 7) is 11.2. The molecule has 2 aromatic carbocycles. The van der Waals surface area contributed by atoms with Crippen LogP contribution in [0.2, 0.25) is 0 Å². The standard InChI is InChI=1S/C28H39NO.2C2H6/c1-4-22-12-8-13-25(18-22)26-14-9-15-27(20-26)28(30)19-24(21-29(2)3)17-16-23-10-6-5-7-11-23;2*1-2/h8-9,12-15,18,20,23-24H,4-7,10-11,16-17,19,21H2,1-3H3;2*1-2H3. The smallest absolute Gasteiger partial charge is 0.163 e. The third-order valence-electron chi connectivity index (χ3n) is 6.66. The van der Waals surface area contributed by atoms with Crippen molar-refractivity contribution in [1.82, 2.24) is 4.90 Å². The fourth-order valence-corrected chi connectivity index (χ4v) is 4.94. The third kappa shape index (κ3) is 10.6. The summed E-state index contributed by atoms with van der Waals surface area (Å²) in [5.74, 6) is 1.62. The van der Waals surface area contributed by atoms with E-state index in [4.69, 9.17) is 0 Å². The molecule has 3 rings (SSSR count). The Balaban J connectivity index is 0.00000137. The van der Waals surface area contributed by atoms with Crippen LogP contribution in [-0.2, 0) is 6.42 Å². The maximum absolute atomic E-state index is 13.2. The fourth-order valence-electron chi connectivity index (χ4n) is 4.94. The summed E-state index contributed by atoms with van der Waals surface area (Å²) in [7, 11) is 4.25. The first-order valence-electron chi connectivity index (χ1n) is 13.9. The van der Waals surface area contributed by atoms with E-state index < -0.39 is 0 Å². The van der Waals surface area contributed by atoms with Gasteiger partial charge in [0, 0.05) is 18.5 Å². The highest BCUT2D eigenvalue weighted by atomic mass is 16.1. The van der Waals surface area contributed by atoms with Gasteiger partial charge in [-0.15, -0.1) is 0 Å². The Morgan fingerprint density at radius 2 is 1.53 bits per heavy atom. The van der Waals surface area contributed by atoms with Gasteiger partial charge in [-0.3, -0.25) is 4.79 Å². The van der Waals surface area contributed by atoms with E-state index in [-0.39, 0.29) is 0 Å². The number of carbonyl (C=O) groups is 1. The average Bonchev–Trinajstić information content (AvgIpc) is 2.90. The van der Waals surface area contributed by atoms with Crippen molar-refractivity contribution in [2.24, 2.45) is 11.8 Å². The highest BCUT2D eigenvalue weighted by Gasteiger charge is 2.20. The minimum atomic E-state index is 0.291. The Labute approximate surface area is 211 Å². The highest BCUT2D eigenvalue weighted by molar-refractivity contribution is 5.97. The molecule has 1 atom stereocenters. The first kappa shape index (κ1) is 30.1. The van der Waals surface area contributed by atoms with Gasteiger partial charge in [0.05, 0.1) is 0 Å². The number of benzene rings is 2.